The largest absolute Gasteiger partial charge is 0.354 e. The van der Waals surface area contributed by atoms with E-state index in [1.54, 1.807) is 0 Å². The summed E-state index contributed by atoms with van der Waals surface area (Å²) in [7, 11) is 1.86. The van der Waals surface area contributed by atoms with Gasteiger partial charge in [-0.25, -0.2) is 4.98 Å². The Balaban J connectivity index is 0.00000312. The van der Waals surface area contributed by atoms with Gasteiger partial charge >= 0.3 is 0 Å². The van der Waals surface area contributed by atoms with Gasteiger partial charge in [0.2, 0.25) is 5.91 Å². The summed E-state index contributed by atoms with van der Waals surface area (Å²) in [5.74, 6) is 1.10. The molecule has 2 heterocycles. The highest BCUT2D eigenvalue weighted by Gasteiger charge is 2.16. The molecule has 140 valence electrons. The number of nitrogens with one attached hydrogen (secondary N) is 3. The van der Waals surface area contributed by atoms with E-state index in [0.29, 0.717) is 23.5 Å². The zero-order valence-electron chi connectivity index (χ0n) is 15.1. The van der Waals surface area contributed by atoms with Crippen molar-refractivity contribution in [2.75, 3.05) is 13.6 Å². The SMILES string of the molecule is CNC(C)CNC(=O)C(C)SCc1nc2sc(C)c(C)c2c(=O)[nH]1.Cl. The molecule has 2 aromatic heterocycles. The summed E-state index contributed by atoms with van der Waals surface area (Å²) in [6.07, 6.45) is 0. The third kappa shape index (κ3) is 5.44. The summed E-state index contributed by atoms with van der Waals surface area (Å²) in [6.45, 7) is 8.40. The molecule has 2 aromatic rings. The molecule has 9 heteroatoms. The van der Waals surface area contributed by atoms with Crippen molar-refractivity contribution >= 4 is 51.6 Å². The van der Waals surface area contributed by atoms with Crippen LogP contribution < -0.4 is 16.2 Å². The van der Waals surface area contributed by atoms with Gasteiger partial charge in [-0.1, -0.05) is 0 Å². The predicted molar refractivity (Wildman–Crippen MR) is 109 cm³/mol. The highest BCUT2D eigenvalue weighted by Crippen LogP contribution is 2.26. The summed E-state index contributed by atoms with van der Waals surface area (Å²) >= 11 is 3.00. The van der Waals surface area contributed by atoms with Crippen molar-refractivity contribution < 1.29 is 4.79 Å². The van der Waals surface area contributed by atoms with Gasteiger partial charge in [-0.05, 0) is 40.3 Å². The molecule has 1 amide bonds. The second-order valence-corrected chi connectivity index (χ2v) is 8.40. The molecule has 3 N–H and O–H groups in total. The average Bonchev–Trinajstić information content (AvgIpc) is 2.84. The van der Waals surface area contributed by atoms with Gasteiger partial charge in [-0.2, -0.15) is 0 Å². The van der Waals surface area contributed by atoms with Gasteiger partial charge in [0.1, 0.15) is 10.7 Å². The minimum absolute atomic E-state index is 0. The molecule has 6 nitrogen and oxygen atoms in total. The number of H-pyrrole nitrogens is 1. The normalized spacial score (nSPS) is 13.3. The number of rotatable bonds is 7. The van der Waals surface area contributed by atoms with Crippen molar-refractivity contribution in [2.24, 2.45) is 0 Å². The van der Waals surface area contributed by atoms with E-state index in [2.05, 4.69) is 20.6 Å². The Morgan fingerprint density at radius 1 is 1.36 bits per heavy atom. The first-order valence-electron chi connectivity index (χ1n) is 7.89. The third-order valence-corrected chi connectivity index (χ3v) is 6.26. The molecular formula is C16H25ClN4O2S2. The lowest BCUT2D eigenvalue weighted by atomic mass is 10.2. The number of aromatic nitrogens is 2. The Hall–Kier alpha value is -1.09. The van der Waals surface area contributed by atoms with Crippen LogP contribution in [0.5, 0.6) is 0 Å². The van der Waals surface area contributed by atoms with E-state index >= 15 is 0 Å². The Bertz CT molecular complexity index is 790. The van der Waals surface area contributed by atoms with Crippen molar-refractivity contribution in [1.29, 1.82) is 0 Å². The van der Waals surface area contributed by atoms with E-state index in [-0.39, 0.29) is 35.2 Å². The Morgan fingerprint density at radius 3 is 2.68 bits per heavy atom. The summed E-state index contributed by atoms with van der Waals surface area (Å²) in [5, 5.41) is 6.46. The quantitative estimate of drug-likeness (QED) is 0.659. The number of hydrogen-bond donors (Lipinski definition) is 3. The van der Waals surface area contributed by atoms with Crippen LogP contribution in [0.3, 0.4) is 0 Å². The van der Waals surface area contributed by atoms with Gasteiger partial charge in [-0.3, -0.25) is 9.59 Å². The van der Waals surface area contributed by atoms with Gasteiger partial charge < -0.3 is 15.6 Å². The molecule has 2 unspecified atom stereocenters. The zero-order chi connectivity index (χ0) is 17.9. The molecule has 0 aliphatic heterocycles. The maximum atomic E-state index is 12.2. The number of aromatic amines is 1. The fourth-order valence-electron chi connectivity index (χ4n) is 2.15. The summed E-state index contributed by atoms with van der Waals surface area (Å²) < 4.78 is 0. The number of carbonyl (C=O) groups excluding carboxylic acids is 1. The van der Waals surface area contributed by atoms with Crippen LogP contribution >= 0.6 is 35.5 Å². The molecular weight excluding hydrogens is 380 g/mol. The second kappa shape index (κ2) is 9.56. The monoisotopic (exact) mass is 404 g/mol. The van der Waals surface area contributed by atoms with E-state index in [1.165, 1.54) is 23.1 Å². The summed E-state index contributed by atoms with van der Waals surface area (Å²) in [4.78, 5) is 33.6. The average molecular weight is 405 g/mol. The highest BCUT2D eigenvalue weighted by molar-refractivity contribution is 7.99. The van der Waals surface area contributed by atoms with Gasteiger partial charge in [0.05, 0.1) is 16.4 Å². The maximum absolute atomic E-state index is 12.2. The van der Waals surface area contributed by atoms with Crippen LogP contribution in [0.25, 0.3) is 10.2 Å². The number of aryl methyl sites for hydroxylation is 2. The van der Waals surface area contributed by atoms with Crippen LogP contribution in [-0.4, -0.2) is 40.8 Å². The van der Waals surface area contributed by atoms with E-state index in [4.69, 9.17) is 0 Å². The molecule has 0 saturated carbocycles. The van der Waals surface area contributed by atoms with Crippen LogP contribution in [0.15, 0.2) is 4.79 Å². The number of likely N-dealkylation sites (N-methyl/N-ethyl adjacent to an activating group) is 1. The lowest BCUT2D eigenvalue weighted by Crippen LogP contribution is -2.40. The fraction of sp³-hybridized carbons (Fsp3) is 0.562. The van der Waals surface area contributed by atoms with Crippen molar-refractivity contribution in [3.63, 3.8) is 0 Å². The van der Waals surface area contributed by atoms with Gasteiger partial charge in [0.25, 0.3) is 5.56 Å². The second-order valence-electron chi connectivity index (χ2n) is 5.86. The molecule has 0 spiro atoms. The minimum Gasteiger partial charge on any atom is -0.354 e. The van der Waals surface area contributed by atoms with E-state index in [9.17, 15) is 9.59 Å². The molecule has 0 saturated heterocycles. The number of hydrogen-bond acceptors (Lipinski definition) is 6. The highest BCUT2D eigenvalue weighted by atomic mass is 35.5. The maximum Gasteiger partial charge on any atom is 0.259 e. The number of fused-ring (bicyclic) bond motifs is 1. The van der Waals surface area contributed by atoms with Gasteiger partial charge in [0.15, 0.2) is 0 Å². The molecule has 0 aliphatic rings. The van der Waals surface area contributed by atoms with E-state index in [0.717, 1.165) is 15.3 Å². The number of thioether (sulfide) groups is 1. The van der Waals surface area contributed by atoms with Crippen molar-refractivity contribution in [1.82, 2.24) is 20.6 Å². The molecule has 0 bridgehead atoms. The van der Waals surface area contributed by atoms with Crippen molar-refractivity contribution in [3.8, 4) is 0 Å². The molecule has 25 heavy (non-hydrogen) atoms. The fourth-order valence-corrected chi connectivity index (χ4v) is 3.97. The zero-order valence-corrected chi connectivity index (χ0v) is 17.5. The Kier molecular flexibility index (Phi) is 8.40. The Labute approximate surface area is 162 Å². The van der Waals surface area contributed by atoms with E-state index in [1.807, 2.05) is 34.7 Å². The lowest BCUT2D eigenvalue weighted by Gasteiger charge is -2.15. The van der Waals surface area contributed by atoms with Crippen LogP contribution in [0.4, 0.5) is 0 Å². The number of halogens is 1. The number of nitrogens with zero attached hydrogens (tertiary/aromatic N) is 1. The molecule has 0 fully saturated rings. The first-order chi connectivity index (χ1) is 11.3. The van der Waals surface area contributed by atoms with Gasteiger partial charge in [0, 0.05) is 17.5 Å². The molecule has 2 rings (SSSR count). The van der Waals surface area contributed by atoms with E-state index < -0.39 is 0 Å². The number of thiophene rings is 1. The lowest BCUT2D eigenvalue weighted by molar-refractivity contribution is -0.120. The topological polar surface area (TPSA) is 86.9 Å². The molecule has 0 radical (unpaired) electrons. The van der Waals surface area contributed by atoms with Gasteiger partial charge in [-0.15, -0.1) is 35.5 Å². The number of carbonyl (C=O) groups is 1. The first kappa shape index (κ1) is 22.0. The summed E-state index contributed by atoms with van der Waals surface area (Å²) in [6, 6.07) is 0.233. The Morgan fingerprint density at radius 2 is 2.04 bits per heavy atom. The smallest absolute Gasteiger partial charge is 0.259 e. The van der Waals surface area contributed by atoms with Crippen LogP contribution in [0, 0.1) is 13.8 Å². The van der Waals surface area contributed by atoms with Crippen molar-refractivity contribution in [3.05, 3.63) is 26.6 Å². The molecule has 0 aromatic carbocycles. The summed E-state index contributed by atoms with van der Waals surface area (Å²) in [5.41, 5.74) is 0.895. The van der Waals surface area contributed by atoms with Crippen LogP contribution in [0.2, 0.25) is 0 Å². The molecule has 2 atom stereocenters. The predicted octanol–water partition coefficient (Wildman–Crippen LogP) is 2.37. The van der Waals surface area contributed by atoms with Crippen LogP contribution in [-0.2, 0) is 10.5 Å². The first-order valence-corrected chi connectivity index (χ1v) is 9.75. The van der Waals surface area contributed by atoms with Crippen molar-refractivity contribution in [2.45, 2.75) is 44.7 Å². The number of amides is 1. The molecule has 0 aliphatic carbocycles. The third-order valence-electron chi connectivity index (χ3n) is 4.00. The standard InChI is InChI=1S/C16H24N4O2S2.ClH/c1-8(17-5)6-18-14(21)11(4)23-7-12-19-15(22)13-9(2)10(3)24-16(13)20-12;/h8,11,17H,6-7H2,1-5H3,(H,18,21)(H,19,20,22);1H. The minimum atomic E-state index is -0.207. The van der Waals surface area contributed by atoms with Crippen LogP contribution in [0.1, 0.15) is 30.1 Å².